The van der Waals surface area contributed by atoms with Crippen LogP contribution in [0.5, 0.6) is 0 Å². The van der Waals surface area contributed by atoms with Gasteiger partial charge in [-0.15, -0.1) is 0 Å². The summed E-state index contributed by atoms with van der Waals surface area (Å²) in [4.78, 5) is 20.3. The second-order valence-electron chi connectivity index (χ2n) is 2.64. The van der Waals surface area contributed by atoms with Crippen molar-refractivity contribution in [1.29, 1.82) is 5.26 Å². The fourth-order valence-corrected chi connectivity index (χ4v) is 1.07. The SMILES string of the molecule is N#Cc1cc(C(=O)O)cc(N)c1[N+](=O)[O-]. The van der Waals surface area contributed by atoms with Crippen molar-refractivity contribution in [3.05, 3.63) is 33.4 Å². The molecule has 0 atom stereocenters. The Morgan fingerprint density at radius 3 is 2.60 bits per heavy atom. The van der Waals surface area contributed by atoms with Crippen LogP contribution in [0.4, 0.5) is 11.4 Å². The molecule has 7 nitrogen and oxygen atoms in total. The molecule has 0 fully saturated rings. The Morgan fingerprint density at radius 1 is 1.60 bits per heavy atom. The van der Waals surface area contributed by atoms with Crippen LogP contribution in [-0.4, -0.2) is 16.0 Å². The summed E-state index contributed by atoms with van der Waals surface area (Å²) in [7, 11) is 0. The van der Waals surface area contributed by atoms with Crippen LogP contribution in [0.1, 0.15) is 15.9 Å². The highest BCUT2D eigenvalue weighted by atomic mass is 16.6. The quantitative estimate of drug-likeness (QED) is 0.418. The van der Waals surface area contributed by atoms with Gasteiger partial charge in [0.2, 0.25) is 0 Å². The van der Waals surface area contributed by atoms with Crippen LogP contribution in [0.25, 0.3) is 0 Å². The molecule has 1 rings (SSSR count). The number of carbonyl (C=O) groups is 1. The maximum atomic E-state index is 10.6. The first-order chi connectivity index (χ1) is 6.97. The van der Waals surface area contributed by atoms with Crippen molar-refractivity contribution in [2.24, 2.45) is 0 Å². The van der Waals surface area contributed by atoms with Crippen molar-refractivity contribution in [3.8, 4) is 6.07 Å². The number of nitro benzene ring substituents is 1. The molecule has 1 aromatic carbocycles. The fraction of sp³-hybridized carbons (Fsp3) is 0. The molecule has 0 aliphatic carbocycles. The van der Waals surface area contributed by atoms with Crippen molar-refractivity contribution >= 4 is 17.3 Å². The van der Waals surface area contributed by atoms with Crippen LogP contribution in [0.15, 0.2) is 12.1 Å². The highest BCUT2D eigenvalue weighted by Gasteiger charge is 2.21. The molecule has 0 spiro atoms. The number of nitrogen functional groups attached to an aromatic ring is 1. The minimum Gasteiger partial charge on any atom is -0.478 e. The smallest absolute Gasteiger partial charge is 0.335 e. The van der Waals surface area contributed by atoms with Crippen LogP contribution >= 0.6 is 0 Å². The molecule has 0 saturated heterocycles. The normalized spacial score (nSPS) is 9.27. The Labute approximate surface area is 83.5 Å². The zero-order valence-electron chi connectivity index (χ0n) is 7.30. The number of anilines is 1. The summed E-state index contributed by atoms with van der Waals surface area (Å²) in [6, 6.07) is 3.39. The number of nitro groups is 1. The summed E-state index contributed by atoms with van der Waals surface area (Å²) < 4.78 is 0. The van der Waals surface area contributed by atoms with Crippen molar-refractivity contribution in [1.82, 2.24) is 0 Å². The molecule has 0 saturated carbocycles. The molecule has 0 aliphatic rings. The lowest BCUT2D eigenvalue weighted by atomic mass is 10.1. The minimum absolute atomic E-state index is 0.255. The van der Waals surface area contributed by atoms with E-state index in [-0.39, 0.29) is 16.8 Å². The van der Waals surface area contributed by atoms with E-state index < -0.39 is 16.6 Å². The molecule has 0 radical (unpaired) electrons. The predicted octanol–water partition coefficient (Wildman–Crippen LogP) is 0.747. The van der Waals surface area contributed by atoms with E-state index in [4.69, 9.17) is 16.1 Å². The molecular formula is C8H5N3O4. The van der Waals surface area contributed by atoms with E-state index in [0.717, 1.165) is 12.1 Å². The Kier molecular flexibility index (Phi) is 2.53. The van der Waals surface area contributed by atoms with E-state index in [9.17, 15) is 14.9 Å². The number of nitrogens with two attached hydrogens (primary N) is 1. The number of rotatable bonds is 2. The number of hydrogen-bond acceptors (Lipinski definition) is 5. The van der Waals surface area contributed by atoms with Crippen molar-refractivity contribution in [2.75, 3.05) is 5.73 Å². The maximum absolute atomic E-state index is 10.6. The third-order valence-electron chi connectivity index (χ3n) is 1.69. The number of hydrogen-bond donors (Lipinski definition) is 2. The Balaban J connectivity index is 3.53. The maximum Gasteiger partial charge on any atom is 0.335 e. The summed E-state index contributed by atoms with van der Waals surface area (Å²) in [6.45, 7) is 0. The fourth-order valence-electron chi connectivity index (χ4n) is 1.07. The highest BCUT2D eigenvalue weighted by molar-refractivity contribution is 5.91. The third-order valence-corrected chi connectivity index (χ3v) is 1.69. The summed E-state index contributed by atoms with van der Waals surface area (Å²) in [5.41, 5.74) is 3.76. The van der Waals surface area contributed by atoms with Crippen molar-refractivity contribution < 1.29 is 14.8 Å². The van der Waals surface area contributed by atoms with E-state index in [1.54, 1.807) is 0 Å². The molecule has 3 N–H and O–H groups in total. The molecule has 76 valence electrons. The van der Waals surface area contributed by atoms with Gasteiger partial charge in [-0.3, -0.25) is 10.1 Å². The Morgan fingerprint density at radius 2 is 2.20 bits per heavy atom. The van der Waals surface area contributed by atoms with Crippen LogP contribution in [-0.2, 0) is 0 Å². The van der Waals surface area contributed by atoms with Gasteiger partial charge in [0.15, 0.2) is 0 Å². The van der Waals surface area contributed by atoms with Gasteiger partial charge in [0.1, 0.15) is 17.3 Å². The number of nitriles is 1. The molecule has 1 aromatic rings. The average Bonchev–Trinajstić information content (AvgIpc) is 2.15. The third kappa shape index (κ3) is 1.83. The van der Waals surface area contributed by atoms with Gasteiger partial charge < -0.3 is 10.8 Å². The van der Waals surface area contributed by atoms with E-state index in [0.29, 0.717) is 0 Å². The lowest BCUT2D eigenvalue weighted by Crippen LogP contribution is -2.03. The molecule has 0 amide bonds. The number of nitrogens with zero attached hydrogens (tertiary/aromatic N) is 2. The minimum atomic E-state index is -1.30. The van der Waals surface area contributed by atoms with E-state index in [1.165, 1.54) is 6.07 Å². The standard InChI is InChI=1S/C8H5N3O4/c9-3-5-1-4(8(12)13)2-6(10)7(5)11(14)15/h1-2H,10H2,(H,12,13). The summed E-state index contributed by atoms with van der Waals surface area (Å²) >= 11 is 0. The van der Waals surface area contributed by atoms with Gasteiger partial charge in [0.05, 0.1) is 10.5 Å². The Bertz CT molecular complexity index is 489. The topological polar surface area (TPSA) is 130 Å². The molecule has 0 aromatic heterocycles. The van der Waals surface area contributed by atoms with Crippen molar-refractivity contribution in [2.45, 2.75) is 0 Å². The first-order valence-corrected chi connectivity index (χ1v) is 3.68. The van der Waals surface area contributed by atoms with Gasteiger partial charge in [-0.05, 0) is 12.1 Å². The molecule has 0 heterocycles. The second-order valence-corrected chi connectivity index (χ2v) is 2.64. The highest BCUT2D eigenvalue weighted by Crippen LogP contribution is 2.27. The van der Waals surface area contributed by atoms with Crippen molar-refractivity contribution in [3.63, 3.8) is 0 Å². The van der Waals surface area contributed by atoms with Gasteiger partial charge in [-0.1, -0.05) is 0 Å². The lowest BCUT2D eigenvalue weighted by Gasteiger charge is -2.01. The number of carboxylic acid groups (broad SMARTS) is 1. The largest absolute Gasteiger partial charge is 0.478 e. The molecule has 15 heavy (non-hydrogen) atoms. The van der Waals surface area contributed by atoms with Gasteiger partial charge in [-0.25, -0.2) is 4.79 Å². The van der Waals surface area contributed by atoms with E-state index in [1.807, 2.05) is 0 Å². The number of benzene rings is 1. The molecular weight excluding hydrogens is 202 g/mol. The number of aromatic carboxylic acids is 1. The summed E-state index contributed by atoms with van der Waals surface area (Å²) in [5.74, 6) is -1.30. The monoisotopic (exact) mass is 207 g/mol. The molecule has 0 unspecified atom stereocenters. The van der Waals surface area contributed by atoms with Gasteiger partial charge >= 0.3 is 11.7 Å². The van der Waals surface area contributed by atoms with Crippen LogP contribution in [0.3, 0.4) is 0 Å². The molecule has 0 aliphatic heterocycles. The second kappa shape index (κ2) is 3.63. The summed E-state index contributed by atoms with van der Waals surface area (Å²) in [5, 5.41) is 27.7. The van der Waals surface area contributed by atoms with Gasteiger partial charge in [0.25, 0.3) is 0 Å². The zero-order chi connectivity index (χ0) is 11.6. The predicted molar refractivity (Wildman–Crippen MR) is 49.2 cm³/mol. The van der Waals surface area contributed by atoms with Gasteiger partial charge in [0, 0.05) is 0 Å². The van der Waals surface area contributed by atoms with Crippen LogP contribution in [0.2, 0.25) is 0 Å². The van der Waals surface area contributed by atoms with Crippen LogP contribution < -0.4 is 5.73 Å². The van der Waals surface area contributed by atoms with E-state index in [2.05, 4.69) is 0 Å². The average molecular weight is 207 g/mol. The zero-order valence-corrected chi connectivity index (χ0v) is 7.30. The van der Waals surface area contributed by atoms with E-state index >= 15 is 0 Å². The molecule has 7 heteroatoms. The Hall–Kier alpha value is -2.62. The first kappa shape index (κ1) is 10.5. The first-order valence-electron chi connectivity index (χ1n) is 3.68. The van der Waals surface area contributed by atoms with Gasteiger partial charge in [-0.2, -0.15) is 5.26 Å². The summed E-state index contributed by atoms with van der Waals surface area (Å²) in [6.07, 6.45) is 0. The number of carboxylic acids is 1. The lowest BCUT2D eigenvalue weighted by molar-refractivity contribution is -0.384. The van der Waals surface area contributed by atoms with Crippen LogP contribution in [0, 0.1) is 21.4 Å². The molecule has 0 bridgehead atoms.